The van der Waals surface area contributed by atoms with Crippen molar-refractivity contribution in [3.63, 3.8) is 0 Å². The van der Waals surface area contributed by atoms with E-state index in [4.69, 9.17) is 14.2 Å². The van der Waals surface area contributed by atoms with Gasteiger partial charge in [0.25, 0.3) is 0 Å². The molecule has 0 unspecified atom stereocenters. The molecule has 3 rings (SSSR count). The van der Waals surface area contributed by atoms with Crippen LogP contribution in [-0.2, 0) is 4.74 Å². The molecule has 1 fully saturated rings. The molecule has 1 aromatic carbocycles. The molecule has 2 heterocycles. The molecule has 0 bridgehead atoms. The first-order valence-corrected chi connectivity index (χ1v) is 6.54. The Labute approximate surface area is 112 Å². The third-order valence-electron chi connectivity index (χ3n) is 3.45. The zero-order valence-corrected chi connectivity index (χ0v) is 11.2. The van der Waals surface area contributed by atoms with Crippen molar-refractivity contribution in [2.75, 3.05) is 19.8 Å². The van der Waals surface area contributed by atoms with Gasteiger partial charge in [-0.15, -0.1) is 0 Å². The SMILES string of the molecule is CC1(C)N[C@@H]([C@H](O)c2ccc3c(c2)OCCO3)CO1. The molecule has 0 radical (unpaired) electrons. The molecule has 0 aromatic heterocycles. The average molecular weight is 265 g/mol. The molecule has 19 heavy (non-hydrogen) atoms. The second-order valence-electron chi connectivity index (χ2n) is 5.42. The molecule has 1 saturated heterocycles. The van der Waals surface area contributed by atoms with Crippen LogP contribution in [0.4, 0.5) is 0 Å². The summed E-state index contributed by atoms with van der Waals surface area (Å²) in [6.45, 7) is 5.50. The number of hydrogen-bond donors (Lipinski definition) is 2. The van der Waals surface area contributed by atoms with E-state index >= 15 is 0 Å². The maximum absolute atomic E-state index is 10.4. The number of nitrogens with one attached hydrogen (secondary N) is 1. The molecular weight excluding hydrogens is 246 g/mol. The second-order valence-corrected chi connectivity index (χ2v) is 5.42. The van der Waals surface area contributed by atoms with Crippen LogP contribution in [0.1, 0.15) is 25.5 Å². The molecule has 104 valence electrons. The summed E-state index contributed by atoms with van der Waals surface area (Å²) in [5.41, 5.74) is 0.419. The molecule has 2 atom stereocenters. The Balaban J connectivity index is 1.78. The third kappa shape index (κ3) is 2.54. The number of rotatable bonds is 2. The standard InChI is InChI=1S/C14H19NO4/c1-14(2)15-10(8-19-14)13(16)9-3-4-11-12(7-9)18-6-5-17-11/h3-4,7,10,13,15-16H,5-6,8H2,1-2H3/t10-,13-/m1/s1. The Morgan fingerprint density at radius 3 is 2.68 bits per heavy atom. The van der Waals surface area contributed by atoms with Gasteiger partial charge in [0.1, 0.15) is 18.9 Å². The number of fused-ring (bicyclic) bond motifs is 1. The molecule has 2 aliphatic heterocycles. The van der Waals surface area contributed by atoms with Crippen molar-refractivity contribution in [3.05, 3.63) is 23.8 Å². The van der Waals surface area contributed by atoms with E-state index in [1.165, 1.54) is 0 Å². The first-order valence-electron chi connectivity index (χ1n) is 6.54. The predicted octanol–water partition coefficient (Wildman–Crippen LogP) is 1.22. The van der Waals surface area contributed by atoms with Crippen LogP contribution in [0.15, 0.2) is 18.2 Å². The lowest BCUT2D eigenvalue weighted by Crippen LogP contribution is -2.41. The van der Waals surface area contributed by atoms with Gasteiger partial charge in [0.2, 0.25) is 0 Å². The topological polar surface area (TPSA) is 60.0 Å². The molecule has 2 N–H and O–H groups in total. The Morgan fingerprint density at radius 1 is 1.26 bits per heavy atom. The fourth-order valence-electron chi connectivity index (χ4n) is 2.47. The van der Waals surface area contributed by atoms with Gasteiger partial charge < -0.3 is 19.3 Å². The lowest BCUT2D eigenvalue weighted by Gasteiger charge is -2.23. The van der Waals surface area contributed by atoms with E-state index < -0.39 is 6.10 Å². The van der Waals surface area contributed by atoms with Crippen LogP contribution in [-0.4, -0.2) is 36.7 Å². The van der Waals surface area contributed by atoms with E-state index in [9.17, 15) is 5.11 Å². The summed E-state index contributed by atoms with van der Waals surface area (Å²) in [5.74, 6) is 1.43. The number of benzene rings is 1. The van der Waals surface area contributed by atoms with Gasteiger partial charge in [-0.1, -0.05) is 6.07 Å². The fourth-order valence-corrected chi connectivity index (χ4v) is 2.47. The zero-order valence-electron chi connectivity index (χ0n) is 11.2. The number of aliphatic hydroxyl groups is 1. The van der Waals surface area contributed by atoms with Crippen molar-refractivity contribution in [2.45, 2.75) is 31.7 Å². The molecule has 2 aliphatic rings. The molecule has 5 heteroatoms. The van der Waals surface area contributed by atoms with E-state index in [1.807, 2.05) is 32.0 Å². The molecule has 0 amide bonds. The van der Waals surface area contributed by atoms with Crippen LogP contribution in [0.5, 0.6) is 11.5 Å². The summed E-state index contributed by atoms with van der Waals surface area (Å²) >= 11 is 0. The van der Waals surface area contributed by atoms with Crippen LogP contribution in [0.3, 0.4) is 0 Å². The van der Waals surface area contributed by atoms with Gasteiger partial charge in [-0.3, -0.25) is 5.32 Å². The fraction of sp³-hybridized carbons (Fsp3) is 0.571. The van der Waals surface area contributed by atoms with E-state index in [1.54, 1.807) is 0 Å². The first-order chi connectivity index (χ1) is 9.05. The Morgan fingerprint density at radius 2 is 2.00 bits per heavy atom. The van der Waals surface area contributed by atoms with Crippen LogP contribution in [0, 0.1) is 0 Å². The minimum absolute atomic E-state index is 0.113. The third-order valence-corrected chi connectivity index (χ3v) is 3.45. The summed E-state index contributed by atoms with van der Waals surface area (Å²) in [6, 6.07) is 5.43. The molecule has 5 nitrogen and oxygen atoms in total. The summed E-state index contributed by atoms with van der Waals surface area (Å²) in [6.07, 6.45) is -0.627. The van der Waals surface area contributed by atoms with Gasteiger partial charge in [-0.25, -0.2) is 0 Å². The highest BCUT2D eigenvalue weighted by molar-refractivity contribution is 5.44. The Kier molecular flexibility index (Phi) is 3.12. The summed E-state index contributed by atoms with van der Waals surface area (Å²) in [5, 5.41) is 13.7. The highest BCUT2D eigenvalue weighted by Gasteiger charge is 2.35. The quantitative estimate of drug-likeness (QED) is 0.842. The molecule has 0 aliphatic carbocycles. The molecule has 1 aromatic rings. The summed E-state index contributed by atoms with van der Waals surface area (Å²) in [7, 11) is 0. The van der Waals surface area contributed by atoms with E-state index in [2.05, 4.69) is 5.32 Å². The minimum atomic E-state index is -0.627. The Hall–Kier alpha value is -1.30. The first kappa shape index (κ1) is 12.7. The van der Waals surface area contributed by atoms with Crippen molar-refractivity contribution in [1.82, 2.24) is 5.32 Å². The zero-order chi connectivity index (χ0) is 13.5. The second kappa shape index (κ2) is 4.67. The average Bonchev–Trinajstić information content (AvgIpc) is 2.78. The van der Waals surface area contributed by atoms with Crippen molar-refractivity contribution in [2.24, 2.45) is 0 Å². The maximum atomic E-state index is 10.4. The number of hydrogen-bond acceptors (Lipinski definition) is 5. The van der Waals surface area contributed by atoms with Crippen molar-refractivity contribution in [1.29, 1.82) is 0 Å². The normalized spacial score (nSPS) is 26.2. The van der Waals surface area contributed by atoms with Gasteiger partial charge >= 0.3 is 0 Å². The van der Waals surface area contributed by atoms with Gasteiger partial charge in [-0.2, -0.15) is 0 Å². The van der Waals surface area contributed by atoms with E-state index in [-0.39, 0.29) is 11.8 Å². The lowest BCUT2D eigenvalue weighted by molar-refractivity contribution is 0.0225. The van der Waals surface area contributed by atoms with Gasteiger partial charge in [0, 0.05) is 0 Å². The van der Waals surface area contributed by atoms with Crippen molar-refractivity contribution < 1.29 is 19.3 Å². The van der Waals surface area contributed by atoms with E-state index in [0.29, 0.717) is 25.6 Å². The minimum Gasteiger partial charge on any atom is -0.486 e. The van der Waals surface area contributed by atoms with Crippen LogP contribution in [0.2, 0.25) is 0 Å². The highest BCUT2D eigenvalue weighted by Crippen LogP contribution is 2.34. The smallest absolute Gasteiger partial charge is 0.161 e. The summed E-state index contributed by atoms with van der Waals surface area (Å²) < 4.78 is 16.6. The van der Waals surface area contributed by atoms with E-state index in [0.717, 1.165) is 11.3 Å². The van der Waals surface area contributed by atoms with Crippen LogP contribution < -0.4 is 14.8 Å². The van der Waals surface area contributed by atoms with Gasteiger partial charge in [0.15, 0.2) is 11.5 Å². The predicted molar refractivity (Wildman–Crippen MR) is 69.3 cm³/mol. The Bertz CT molecular complexity index is 475. The van der Waals surface area contributed by atoms with Crippen molar-refractivity contribution in [3.8, 4) is 11.5 Å². The lowest BCUT2D eigenvalue weighted by atomic mass is 10.0. The van der Waals surface area contributed by atoms with Crippen LogP contribution >= 0.6 is 0 Å². The monoisotopic (exact) mass is 265 g/mol. The number of ether oxygens (including phenoxy) is 3. The largest absolute Gasteiger partial charge is 0.486 e. The highest BCUT2D eigenvalue weighted by atomic mass is 16.6. The molecule has 0 spiro atoms. The number of aliphatic hydroxyl groups excluding tert-OH is 1. The van der Waals surface area contributed by atoms with Gasteiger partial charge in [-0.05, 0) is 31.5 Å². The van der Waals surface area contributed by atoms with Gasteiger partial charge in [0.05, 0.1) is 18.8 Å². The maximum Gasteiger partial charge on any atom is 0.161 e. The summed E-state index contributed by atoms with van der Waals surface area (Å²) in [4.78, 5) is 0. The van der Waals surface area contributed by atoms with Crippen molar-refractivity contribution >= 4 is 0 Å². The molecular formula is C14H19NO4. The van der Waals surface area contributed by atoms with Crippen LogP contribution in [0.25, 0.3) is 0 Å². The molecule has 0 saturated carbocycles.